The second-order valence-corrected chi connectivity index (χ2v) is 5.20. The third-order valence-corrected chi connectivity index (χ3v) is 3.56. The predicted octanol–water partition coefficient (Wildman–Crippen LogP) is 1.40. The number of rotatable bonds is 3. The number of piperidine rings is 1. The van der Waals surface area contributed by atoms with Crippen LogP contribution in [0.5, 0.6) is 0 Å². The van der Waals surface area contributed by atoms with Gasteiger partial charge in [-0.15, -0.1) is 0 Å². The Bertz CT molecular complexity index is 478. The second-order valence-electron chi connectivity index (χ2n) is 5.20. The topological polar surface area (TPSA) is 75.4 Å². The van der Waals surface area contributed by atoms with Crippen LogP contribution in [0.2, 0.25) is 0 Å². The van der Waals surface area contributed by atoms with Crippen LogP contribution in [0.15, 0.2) is 24.3 Å². The SMILES string of the molecule is CC(NC(=O)c1ccc(N)cc1)C(=O)N1CCCCC1. The van der Waals surface area contributed by atoms with Crippen molar-refractivity contribution in [3.05, 3.63) is 29.8 Å². The number of nitrogens with zero attached hydrogens (tertiary/aromatic N) is 1. The van der Waals surface area contributed by atoms with E-state index in [9.17, 15) is 9.59 Å². The van der Waals surface area contributed by atoms with Crippen LogP contribution in [0, 0.1) is 0 Å². The molecule has 5 heteroatoms. The number of hydrogen-bond acceptors (Lipinski definition) is 3. The maximum atomic E-state index is 12.2. The van der Waals surface area contributed by atoms with Crippen LogP contribution in [-0.2, 0) is 4.79 Å². The number of carbonyl (C=O) groups is 2. The number of carbonyl (C=O) groups excluding carboxylic acids is 2. The number of anilines is 1. The molecular weight excluding hydrogens is 254 g/mol. The van der Waals surface area contributed by atoms with Crippen molar-refractivity contribution in [1.82, 2.24) is 10.2 Å². The largest absolute Gasteiger partial charge is 0.399 e. The molecule has 20 heavy (non-hydrogen) atoms. The number of amides is 2. The molecule has 1 heterocycles. The number of nitrogen functional groups attached to an aromatic ring is 1. The zero-order chi connectivity index (χ0) is 14.5. The van der Waals surface area contributed by atoms with Gasteiger partial charge in [0.15, 0.2) is 0 Å². The van der Waals surface area contributed by atoms with E-state index >= 15 is 0 Å². The van der Waals surface area contributed by atoms with E-state index in [1.165, 1.54) is 6.42 Å². The van der Waals surface area contributed by atoms with Gasteiger partial charge < -0.3 is 16.0 Å². The molecule has 1 fully saturated rings. The van der Waals surface area contributed by atoms with E-state index in [2.05, 4.69) is 5.32 Å². The van der Waals surface area contributed by atoms with Crippen LogP contribution in [0.25, 0.3) is 0 Å². The van der Waals surface area contributed by atoms with Gasteiger partial charge in [-0.25, -0.2) is 0 Å². The van der Waals surface area contributed by atoms with E-state index in [0.29, 0.717) is 11.3 Å². The molecule has 0 aliphatic carbocycles. The summed E-state index contributed by atoms with van der Waals surface area (Å²) in [5.74, 6) is -0.253. The normalized spacial score (nSPS) is 16.6. The van der Waals surface area contributed by atoms with Crippen LogP contribution in [0.4, 0.5) is 5.69 Å². The van der Waals surface area contributed by atoms with Crippen LogP contribution >= 0.6 is 0 Å². The van der Waals surface area contributed by atoms with Crippen molar-refractivity contribution in [3.8, 4) is 0 Å². The predicted molar refractivity (Wildman–Crippen MR) is 78.2 cm³/mol. The molecule has 1 unspecified atom stereocenters. The first kappa shape index (κ1) is 14.4. The fourth-order valence-electron chi connectivity index (χ4n) is 2.36. The molecule has 1 aliphatic rings. The Morgan fingerprint density at radius 2 is 1.75 bits per heavy atom. The van der Waals surface area contributed by atoms with Gasteiger partial charge in [-0.3, -0.25) is 9.59 Å². The summed E-state index contributed by atoms with van der Waals surface area (Å²) in [6, 6.07) is 6.15. The number of hydrogen-bond donors (Lipinski definition) is 2. The van der Waals surface area contributed by atoms with Crippen molar-refractivity contribution in [2.75, 3.05) is 18.8 Å². The van der Waals surface area contributed by atoms with E-state index in [1.54, 1.807) is 31.2 Å². The van der Waals surface area contributed by atoms with E-state index < -0.39 is 6.04 Å². The van der Waals surface area contributed by atoms with Crippen molar-refractivity contribution in [1.29, 1.82) is 0 Å². The summed E-state index contributed by atoms with van der Waals surface area (Å²) in [6.07, 6.45) is 3.27. The van der Waals surface area contributed by atoms with Gasteiger partial charge in [-0.2, -0.15) is 0 Å². The average Bonchev–Trinajstić information content (AvgIpc) is 2.48. The number of nitrogens with two attached hydrogens (primary N) is 1. The quantitative estimate of drug-likeness (QED) is 0.819. The van der Waals surface area contributed by atoms with E-state index in [1.807, 2.05) is 4.90 Å². The van der Waals surface area contributed by atoms with Gasteiger partial charge in [0, 0.05) is 24.3 Å². The first-order valence-electron chi connectivity index (χ1n) is 7.03. The van der Waals surface area contributed by atoms with Crippen LogP contribution in [-0.4, -0.2) is 35.8 Å². The highest BCUT2D eigenvalue weighted by Gasteiger charge is 2.23. The van der Waals surface area contributed by atoms with Gasteiger partial charge in [0.2, 0.25) is 5.91 Å². The first-order chi connectivity index (χ1) is 9.58. The molecule has 0 aromatic heterocycles. The Hall–Kier alpha value is -2.04. The lowest BCUT2D eigenvalue weighted by Gasteiger charge is -2.29. The molecule has 0 radical (unpaired) electrons. The number of likely N-dealkylation sites (tertiary alicyclic amines) is 1. The van der Waals surface area contributed by atoms with Gasteiger partial charge in [0.25, 0.3) is 5.91 Å². The summed E-state index contributed by atoms with van der Waals surface area (Å²) in [7, 11) is 0. The summed E-state index contributed by atoms with van der Waals surface area (Å²) in [5, 5.41) is 2.74. The molecular formula is C15H21N3O2. The maximum absolute atomic E-state index is 12.2. The Morgan fingerprint density at radius 1 is 1.15 bits per heavy atom. The minimum absolute atomic E-state index is 0.00602. The Balaban J connectivity index is 1.92. The van der Waals surface area contributed by atoms with Gasteiger partial charge in [0.05, 0.1) is 0 Å². The van der Waals surface area contributed by atoms with Crippen molar-refractivity contribution in [3.63, 3.8) is 0 Å². The van der Waals surface area contributed by atoms with Crippen molar-refractivity contribution in [2.45, 2.75) is 32.2 Å². The smallest absolute Gasteiger partial charge is 0.251 e. The maximum Gasteiger partial charge on any atom is 0.251 e. The van der Waals surface area contributed by atoms with Crippen LogP contribution in [0.3, 0.4) is 0 Å². The molecule has 1 aromatic carbocycles. The zero-order valence-corrected chi connectivity index (χ0v) is 11.8. The second kappa shape index (κ2) is 6.41. The molecule has 0 saturated carbocycles. The van der Waals surface area contributed by atoms with Crippen molar-refractivity contribution < 1.29 is 9.59 Å². The minimum Gasteiger partial charge on any atom is -0.399 e. The molecule has 2 amide bonds. The third kappa shape index (κ3) is 3.50. The monoisotopic (exact) mass is 275 g/mol. The summed E-state index contributed by atoms with van der Waals surface area (Å²) >= 11 is 0. The van der Waals surface area contributed by atoms with Gasteiger partial charge in [0.1, 0.15) is 6.04 Å². The van der Waals surface area contributed by atoms with E-state index in [-0.39, 0.29) is 11.8 Å². The molecule has 1 aromatic rings. The number of benzene rings is 1. The third-order valence-electron chi connectivity index (χ3n) is 3.56. The van der Waals surface area contributed by atoms with Crippen molar-refractivity contribution >= 4 is 17.5 Å². The Morgan fingerprint density at radius 3 is 2.35 bits per heavy atom. The Labute approximate surface area is 119 Å². The van der Waals surface area contributed by atoms with E-state index in [4.69, 9.17) is 5.73 Å². The summed E-state index contributed by atoms with van der Waals surface area (Å²) in [5.41, 5.74) is 6.70. The molecule has 0 spiro atoms. The molecule has 3 N–H and O–H groups in total. The lowest BCUT2D eigenvalue weighted by atomic mass is 10.1. The van der Waals surface area contributed by atoms with Gasteiger partial charge in [-0.1, -0.05) is 0 Å². The Kier molecular flexibility index (Phi) is 4.61. The highest BCUT2D eigenvalue weighted by Crippen LogP contribution is 2.10. The summed E-state index contributed by atoms with van der Waals surface area (Å²) < 4.78 is 0. The molecule has 1 aliphatic heterocycles. The summed E-state index contributed by atoms with van der Waals surface area (Å²) in [6.45, 7) is 3.31. The molecule has 1 saturated heterocycles. The van der Waals surface area contributed by atoms with Crippen molar-refractivity contribution in [2.24, 2.45) is 0 Å². The van der Waals surface area contributed by atoms with Crippen LogP contribution < -0.4 is 11.1 Å². The van der Waals surface area contributed by atoms with Crippen LogP contribution in [0.1, 0.15) is 36.5 Å². The van der Waals surface area contributed by atoms with E-state index in [0.717, 1.165) is 25.9 Å². The molecule has 0 bridgehead atoms. The highest BCUT2D eigenvalue weighted by atomic mass is 16.2. The minimum atomic E-state index is -0.502. The standard InChI is InChI=1S/C15H21N3O2/c1-11(15(20)18-9-3-2-4-10-18)17-14(19)12-5-7-13(16)8-6-12/h5-8,11H,2-4,9-10,16H2,1H3,(H,17,19). The zero-order valence-electron chi connectivity index (χ0n) is 11.8. The lowest BCUT2D eigenvalue weighted by molar-refractivity contribution is -0.133. The molecule has 1 atom stereocenters. The van der Waals surface area contributed by atoms with Gasteiger partial charge in [-0.05, 0) is 50.5 Å². The summed E-state index contributed by atoms with van der Waals surface area (Å²) in [4.78, 5) is 26.1. The fourth-order valence-corrected chi connectivity index (χ4v) is 2.36. The molecule has 5 nitrogen and oxygen atoms in total. The molecule has 108 valence electrons. The van der Waals surface area contributed by atoms with Gasteiger partial charge >= 0.3 is 0 Å². The first-order valence-corrected chi connectivity index (χ1v) is 7.03. The number of nitrogens with one attached hydrogen (secondary N) is 1. The molecule has 2 rings (SSSR count). The fraction of sp³-hybridized carbons (Fsp3) is 0.467. The lowest BCUT2D eigenvalue weighted by Crippen LogP contribution is -2.48. The highest BCUT2D eigenvalue weighted by molar-refractivity contribution is 5.97. The average molecular weight is 275 g/mol.